The van der Waals surface area contributed by atoms with Crippen molar-refractivity contribution < 1.29 is 24.1 Å². The van der Waals surface area contributed by atoms with Crippen LogP contribution in [0.15, 0.2) is 48.5 Å². The number of carboxylic acids is 1. The van der Waals surface area contributed by atoms with Gasteiger partial charge in [-0.1, -0.05) is 38.1 Å². The zero-order chi connectivity index (χ0) is 18.9. The average Bonchev–Trinajstić information content (AvgIpc) is 2.64. The lowest BCUT2D eigenvalue weighted by atomic mass is 10.0. The molecule has 2 aromatic rings. The van der Waals surface area contributed by atoms with Gasteiger partial charge in [0, 0.05) is 6.08 Å². The Morgan fingerprint density at radius 3 is 2.38 bits per heavy atom. The van der Waals surface area contributed by atoms with Crippen LogP contribution < -0.4 is 14.2 Å². The van der Waals surface area contributed by atoms with E-state index in [2.05, 4.69) is 19.9 Å². The number of benzene rings is 2. The maximum atomic E-state index is 10.6. The summed E-state index contributed by atoms with van der Waals surface area (Å²) in [7, 11) is 1.54. The second-order valence-electron chi connectivity index (χ2n) is 5.97. The van der Waals surface area contributed by atoms with E-state index in [0.717, 1.165) is 17.4 Å². The van der Waals surface area contributed by atoms with Crippen LogP contribution in [-0.4, -0.2) is 31.4 Å². The predicted molar refractivity (Wildman–Crippen MR) is 101 cm³/mol. The highest BCUT2D eigenvalue weighted by atomic mass is 16.5. The fourth-order valence-corrected chi connectivity index (χ4v) is 2.47. The van der Waals surface area contributed by atoms with Gasteiger partial charge < -0.3 is 19.3 Å². The van der Waals surface area contributed by atoms with Crippen molar-refractivity contribution in [2.75, 3.05) is 20.3 Å². The maximum Gasteiger partial charge on any atom is 0.328 e. The number of carbonyl (C=O) groups is 1. The highest BCUT2D eigenvalue weighted by molar-refractivity contribution is 5.85. The molecule has 0 aromatic heterocycles. The lowest BCUT2D eigenvalue weighted by molar-refractivity contribution is -0.131. The summed E-state index contributed by atoms with van der Waals surface area (Å²) in [4.78, 5) is 10.6. The van der Waals surface area contributed by atoms with Crippen molar-refractivity contribution in [1.82, 2.24) is 0 Å². The fourth-order valence-electron chi connectivity index (χ4n) is 2.47. The number of ether oxygens (including phenoxy) is 3. The molecule has 26 heavy (non-hydrogen) atoms. The smallest absolute Gasteiger partial charge is 0.328 e. The molecular formula is C21H24O5. The minimum absolute atomic E-state index is 0.368. The molecule has 0 bridgehead atoms. The zero-order valence-corrected chi connectivity index (χ0v) is 15.3. The van der Waals surface area contributed by atoms with Crippen LogP contribution >= 0.6 is 0 Å². The van der Waals surface area contributed by atoms with E-state index in [-0.39, 0.29) is 0 Å². The Morgan fingerprint density at radius 1 is 1.04 bits per heavy atom. The van der Waals surface area contributed by atoms with Gasteiger partial charge in [0.15, 0.2) is 11.5 Å². The maximum absolute atomic E-state index is 10.6. The van der Waals surface area contributed by atoms with Gasteiger partial charge in [-0.2, -0.15) is 0 Å². The van der Waals surface area contributed by atoms with Gasteiger partial charge in [0.1, 0.15) is 19.0 Å². The van der Waals surface area contributed by atoms with Gasteiger partial charge in [0.05, 0.1) is 7.11 Å². The van der Waals surface area contributed by atoms with E-state index < -0.39 is 5.97 Å². The molecule has 0 saturated carbocycles. The largest absolute Gasteiger partial charge is 0.493 e. The van der Waals surface area contributed by atoms with Gasteiger partial charge in [-0.15, -0.1) is 0 Å². The van der Waals surface area contributed by atoms with E-state index in [0.29, 0.717) is 30.6 Å². The van der Waals surface area contributed by atoms with Crippen LogP contribution in [0.5, 0.6) is 17.2 Å². The van der Waals surface area contributed by atoms with Gasteiger partial charge in [0.25, 0.3) is 0 Å². The van der Waals surface area contributed by atoms with Crippen molar-refractivity contribution in [2.24, 2.45) is 0 Å². The van der Waals surface area contributed by atoms with Crippen LogP contribution in [0.25, 0.3) is 6.08 Å². The number of rotatable bonds is 9. The molecule has 0 amide bonds. The fraction of sp³-hybridized carbons (Fsp3) is 0.286. The van der Waals surface area contributed by atoms with Gasteiger partial charge in [-0.3, -0.25) is 0 Å². The minimum atomic E-state index is -0.997. The monoisotopic (exact) mass is 356 g/mol. The molecule has 0 heterocycles. The molecule has 0 atom stereocenters. The van der Waals surface area contributed by atoms with Crippen molar-refractivity contribution in [2.45, 2.75) is 19.8 Å². The van der Waals surface area contributed by atoms with Crippen LogP contribution in [-0.2, 0) is 4.79 Å². The minimum Gasteiger partial charge on any atom is -0.493 e. The van der Waals surface area contributed by atoms with Crippen molar-refractivity contribution >= 4 is 12.0 Å². The first-order valence-corrected chi connectivity index (χ1v) is 8.45. The molecular weight excluding hydrogens is 332 g/mol. The van der Waals surface area contributed by atoms with Crippen molar-refractivity contribution in [1.29, 1.82) is 0 Å². The Labute approximate surface area is 153 Å². The second-order valence-corrected chi connectivity index (χ2v) is 5.97. The van der Waals surface area contributed by atoms with Crippen molar-refractivity contribution in [3.63, 3.8) is 0 Å². The first-order valence-electron chi connectivity index (χ1n) is 8.45. The Morgan fingerprint density at radius 2 is 1.73 bits per heavy atom. The molecule has 0 aliphatic rings. The Balaban J connectivity index is 1.94. The third-order valence-electron chi connectivity index (χ3n) is 3.75. The summed E-state index contributed by atoms with van der Waals surface area (Å²) in [6, 6.07) is 13.2. The molecule has 0 aliphatic heterocycles. The predicted octanol–water partition coefficient (Wildman–Crippen LogP) is 4.37. The molecule has 0 saturated heterocycles. The van der Waals surface area contributed by atoms with E-state index in [1.165, 1.54) is 11.6 Å². The van der Waals surface area contributed by atoms with Gasteiger partial charge in [-0.05, 0) is 41.3 Å². The number of hydrogen-bond donors (Lipinski definition) is 1. The third kappa shape index (κ3) is 5.55. The molecule has 2 rings (SSSR count). The molecule has 5 heteroatoms. The van der Waals surface area contributed by atoms with Crippen molar-refractivity contribution in [3.05, 3.63) is 59.7 Å². The molecule has 0 fully saturated rings. The molecule has 138 valence electrons. The Kier molecular flexibility index (Phi) is 7.09. The summed E-state index contributed by atoms with van der Waals surface area (Å²) in [5.41, 5.74) is 1.89. The standard InChI is InChI=1S/C21H24O5/c1-15(2)17-6-4-5-7-18(17)25-12-13-26-19-10-8-16(9-11-21(22)23)14-20(19)24-3/h4-11,14-15H,12-13H2,1-3H3,(H,22,23). The van der Waals surface area contributed by atoms with Crippen LogP contribution in [0.3, 0.4) is 0 Å². The van der Waals surface area contributed by atoms with E-state index in [1.807, 2.05) is 18.2 Å². The highest BCUT2D eigenvalue weighted by Crippen LogP contribution is 2.29. The molecule has 2 aromatic carbocycles. The Bertz CT molecular complexity index is 765. The molecule has 0 spiro atoms. The summed E-state index contributed by atoms with van der Waals surface area (Å²) >= 11 is 0. The van der Waals surface area contributed by atoms with E-state index in [1.54, 1.807) is 25.3 Å². The average molecular weight is 356 g/mol. The highest BCUT2D eigenvalue weighted by Gasteiger charge is 2.08. The quantitative estimate of drug-likeness (QED) is 0.534. The van der Waals surface area contributed by atoms with Crippen molar-refractivity contribution in [3.8, 4) is 17.2 Å². The lowest BCUT2D eigenvalue weighted by Gasteiger charge is -2.15. The van der Waals surface area contributed by atoms with Crippen LogP contribution in [0.2, 0.25) is 0 Å². The third-order valence-corrected chi connectivity index (χ3v) is 3.75. The summed E-state index contributed by atoms with van der Waals surface area (Å²) in [5, 5.41) is 8.69. The molecule has 0 aliphatic carbocycles. The van der Waals surface area contributed by atoms with Gasteiger partial charge >= 0.3 is 5.97 Å². The summed E-state index contributed by atoms with van der Waals surface area (Å²) in [6.45, 7) is 5.04. The summed E-state index contributed by atoms with van der Waals surface area (Å²) < 4.78 is 16.9. The second kappa shape index (κ2) is 9.51. The first-order chi connectivity index (χ1) is 12.5. The lowest BCUT2D eigenvalue weighted by Crippen LogP contribution is -2.10. The number of methoxy groups -OCH3 is 1. The molecule has 0 unspecified atom stereocenters. The summed E-state index contributed by atoms with van der Waals surface area (Å²) in [5.74, 6) is 1.38. The van der Waals surface area contributed by atoms with E-state index in [9.17, 15) is 4.79 Å². The van der Waals surface area contributed by atoms with Gasteiger partial charge in [0.2, 0.25) is 0 Å². The van der Waals surface area contributed by atoms with Crippen LogP contribution in [0, 0.1) is 0 Å². The normalized spacial score (nSPS) is 10.9. The SMILES string of the molecule is COc1cc(C=CC(=O)O)ccc1OCCOc1ccccc1C(C)C. The van der Waals surface area contributed by atoms with E-state index >= 15 is 0 Å². The number of hydrogen-bond acceptors (Lipinski definition) is 4. The molecule has 1 N–H and O–H groups in total. The molecule has 0 radical (unpaired) electrons. The number of para-hydroxylation sites is 1. The molecule has 5 nitrogen and oxygen atoms in total. The number of aliphatic carboxylic acids is 1. The topological polar surface area (TPSA) is 65.0 Å². The van der Waals surface area contributed by atoms with Gasteiger partial charge in [-0.25, -0.2) is 4.79 Å². The Hall–Kier alpha value is -2.95. The summed E-state index contributed by atoms with van der Waals surface area (Å²) in [6.07, 6.45) is 2.58. The zero-order valence-electron chi connectivity index (χ0n) is 15.3. The first kappa shape index (κ1) is 19.4. The number of carboxylic acid groups (broad SMARTS) is 1. The van der Waals surface area contributed by atoms with Crippen LogP contribution in [0.1, 0.15) is 30.9 Å². The van der Waals surface area contributed by atoms with Crippen LogP contribution in [0.4, 0.5) is 0 Å². The van der Waals surface area contributed by atoms with E-state index in [4.69, 9.17) is 19.3 Å².